The van der Waals surface area contributed by atoms with Gasteiger partial charge in [0.2, 0.25) is 5.91 Å². The van der Waals surface area contributed by atoms with Crippen LogP contribution in [0.25, 0.3) is 0 Å². The Morgan fingerprint density at radius 2 is 2.00 bits per heavy atom. The molecule has 1 saturated heterocycles. The fraction of sp³-hybridized carbons (Fsp3) is 0.917. The summed E-state index contributed by atoms with van der Waals surface area (Å²) < 4.78 is 0. The van der Waals surface area contributed by atoms with E-state index < -0.39 is 5.60 Å². The minimum absolute atomic E-state index is 0.150. The van der Waals surface area contributed by atoms with Crippen LogP contribution in [0, 0.1) is 5.92 Å². The van der Waals surface area contributed by atoms with Crippen LogP contribution in [-0.2, 0) is 4.79 Å². The molecule has 0 spiro atoms. The zero-order chi connectivity index (χ0) is 12.2. The van der Waals surface area contributed by atoms with E-state index in [1.165, 1.54) is 0 Å². The monoisotopic (exact) mass is 228 g/mol. The first kappa shape index (κ1) is 13.5. The van der Waals surface area contributed by atoms with Crippen LogP contribution in [0.2, 0.25) is 0 Å². The van der Waals surface area contributed by atoms with E-state index in [0.717, 1.165) is 25.9 Å². The molecule has 1 atom stereocenters. The fourth-order valence-electron chi connectivity index (χ4n) is 1.70. The number of nitrogens with zero attached hydrogens (tertiary/aromatic N) is 1. The molecule has 1 amide bonds. The molecule has 0 saturated carbocycles. The maximum Gasteiger partial charge on any atom is 0.236 e. The standard InChI is InChI=1S/C12H24N2O2/c1-10(2)12(3,16)9-13-8-11(15)14-6-4-5-7-14/h10,13,16H,4-9H2,1-3H3. The largest absolute Gasteiger partial charge is 0.389 e. The molecular weight excluding hydrogens is 204 g/mol. The second-order valence-electron chi connectivity index (χ2n) is 5.20. The second kappa shape index (κ2) is 5.64. The van der Waals surface area contributed by atoms with Gasteiger partial charge in [-0.15, -0.1) is 0 Å². The summed E-state index contributed by atoms with van der Waals surface area (Å²) in [6, 6.07) is 0. The molecule has 1 rings (SSSR count). The summed E-state index contributed by atoms with van der Waals surface area (Å²) in [5.41, 5.74) is -0.745. The van der Waals surface area contributed by atoms with Crippen LogP contribution >= 0.6 is 0 Å². The van der Waals surface area contributed by atoms with Gasteiger partial charge in [-0.05, 0) is 25.7 Å². The summed E-state index contributed by atoms with van der Waals surface area (Å²) >= 11 is 0. The van der Waals surface area contributed by atoms with Crippen molar-refractivity contribution in [1.82, 2.24) is 10.2 Å². The molecule has 94 valence electrons. The minimum atomic E-state index is -0.745. The van der Waals surface area contributed by atoms with E-state index in [9.17, 15) is 9.90 Å². The number of hydrogen-bond donors (Lipinski definition) is 2. The summed E-state index contributed by atoms with van der Waals surface area (Å²) in [5, 5.41) is 13.0. The third kappa shape index (κ3) is 3.76. The molecule has 2 N–H and O–H groups in total. The Hall–Kier alpha value is -0.610. The molecule has 4 heteroatoms. The number of carbonyl (C=O) groups is 1. The summed E-state index contributed by atoms with van der Waals surface area (Å²) in [4.78, 5) is 13.6. The van der Waals surface area contributed by atoms with E-state index in [1.54, 1.807) is 6.92 Å². The zero-order valence-electron chi connectivity index (χ0n) is 10.6. The first-order chi connectivity index (χ1) is 7.43. The molecular formula is C12H24N2O2. The lowest BCUT2D eigenvalue weighted by Gasteiger charge is -2.28. The lowest BCUT2D eigenvalue weighted by molar-refractivity contribution is -0.129. The Morgan fingerprint density at radius 1 is 1.44 bits per heavy atom. The fourth-order valence-corrected chi connectivity index (χ4v) is 1.70. The Labute approximate surface area is 98.0 Å². The summed E-state index contributed by atoms with van der Waals surface area (Å²) in [5.74, 6) is 0.332. The van der Waals surface area contributed by atoms with Gasteiger partial charge in [-0.1, -0.05) is 13.8 Å². The molecule has 1 fully saturated rings. The van der Waals surface area contributed by atoms with Crippen LogP contribution in [0.15, 0.2) is 0 Å². The number of carbonyl (C=O) groups excluding carboxylic acids is 1. The highest BCUT2D eigenvalue weighted by molar-refractivity contribution is 5.78. The molecule has 1 heterocycles. The normalized spacial score (nSPS) is 20.2. The molecule has 16 heavy (non-hydrogen) atoms. The maximum atomic E-state index is 11.7. The highest BCUT2D eigenvalue weighted by atomic mass is 16.3. The van der Waals surface area contributed by atoms with Crippen molar-refractivity contribution in [2.24, 2.45) is 5.92 Å². The molecule has 0 aromatic heterocycles. The summed E-state index contributed by atoms with van der Waals surface area (Å²) in [7, 11) is 0. The molecule has 0 bridgehead atoms. The van der Waals surface area contributed by atoms with Gasteiger partial charge in [0.25, 0.3) is 0 Å². The van der Waals surface area contributed by atoms with Crippen molar-refractivity contribution >= 4 is 5.91 Å². The Kier molecular flexibility index (Phi) is 4.74. The van der Waals surface area contributed by atoms with Gasteiger partial charge in [0.15, 0.2) is 0 Å². The second-order valence-corrected chi connectivity index (χ2v) is 5.20. The summed E-state index contributed by atoms with van der Waals surface area (Å²) in [6.45, 7) is 8.33. The lowest BCUT2D eigenvalue weighted by Crippen LogP contribution is -2.45. The third-order valence-electron chi connectivity index (χ3n) is 3.46. The number of rotatable bonds is 5. The van der Waals surface area contributed by atoms with Crippen LogP contribution in [0.3, 0.4) is 0 Å². The number of aliphatic hydroxyl groups is 1. The average molecular weight is 228 g/mol. The number of hydrogen-bond acceptors (Lipinski definition) is 3. The quantitative estimate of drug-likeness (QED) is 0.725. The number of nitrogens with one attached hydrogen (secondary N) is 1. The van der Waals surface area contributed by atoms with E-state index in [2.05, 4.69) is 5.32 Å². The van der Waals surface area contributed by atoms with Crippen molar-refractivity contribution in [3.63, 3.8) is 0 Å². The van der Waals surface area contributed by atoms with E-state index in [0.29, 0.717) is 13.1 Å². The molecule has 1 aliphatic heterocycles. The maximum absolute atomic E-state index is 11.7. The molecule has 1 aliphatic rings. The average Bonchev–Trinajstić information content (AvgIpc) is 2.69. The molecule has 0 aliphatic carbocycles. The number of likely N-dealkylation sites (tertiary alicyclic amines) is 1. The van der Waals surface area contributed by atoms with Crippen LogP contribution in [0.5, 0.6) is 0 Å². The molecule has 1 unspecified atom stereocenters. The first-order valence-electron chi connectivity index (χ1n) is 6.14. The first-order valence-corrected chi connectivity index (χ1v) is 6.14. The molecule has 0 aromatic carbocycles. The SMILES string of the molecule is CC(C)C(C)(O)CNCC(=O)N1CCCC1. The topological polar surface area (TPSA) is 52.6 Å². The van der Waals surface area contributed by atoms with Gasteiger partial charge in [0, 0.05) is 19.6 Å². The van der Waals surface area contributed by atoms with Crippen molar-refractivity contribution in [3.05, 3.63) is 0 Å². The van der Waals surface area contributed by atoms with Crippen LogP contribution in [0.4, 0.5) is 0 Å². The minimum Gasteiger partial charge on any atom is -0.389 e. The third-order valence-corrected chi connectivity index (χ3v) is 3.46. The highest BCUT2D eigenvalue weighted by Gasteiger charge is 2.25. The van der Waals surface area contributed by atoms with Crippen molar-refractivity contribution < 1.29 is 9.90 Å². The predicted molar refractivity (Wildman–Crippen MR) is 64.1 cm³/mol. The van der Waals surface area contributed by atoms with E-state index in [4.69, 9.17) is 0 Å². The van der Waals surface area contributed by atoms with Gasteiger partial charge in [0.05, 0.1) is 12.1 Å². The van der Waals surface area contributed by atoms with E-state index in [1.807, 2.05) is 18.7 Å². The number of amides is 1. The van der Waals surface area contributed by atoms with Gasteiger partial charge in [0.1, 0.15) is 0 Å². The van der Waals surface area contributed by atoms with Crippen molar-refractivity contribution in [1.29, 1.82) is 0 Å². The van der Waals surface area contributed by atoms with Gasteiger partial charge in [-0.25, -0.2) is 0 Å². The van der Waals surface area contributed by atoms with Gasteiger partial charge >= 0.3 is 0 Å². The summed E-state index contributed by atoms with van der Waals surface area (Å²) in [6.07, 6.45) is 2.24. The van der Waals surface area contributed by atoms with Gasteiger partial charge in [-0.2, -0.15) is 0 Å². The molecule has 4 nitrogen and oxygen atoms in total. The molecule has 0 radical (unpaired) electrons. The highest BCUT2D eigenvalue weighted by Crippen LogP contribution is 2.14. The van der Waals surface area contributed by atoms with Crippen molar-refractivity contribution in [3.8, 4) is 0 Å². The van der Waals surface area contributed by atoms with Crippen molar-refractivity contribution in [2.45, 2.75) is 39.2 Å². The van der Waals surface area contributed by atoms with E-state index >= 15 is 0 Å². The van der Waals surface area contributed by atoms with E-state index in [-0.39, 0.29) is 11.8 Å². The smallest absolute Gasteiger partial charge is 0.236 e. The lowest BCUT2D eigenvalue weighted by atomic mass is 9.93. The predicted octanol–water partition coefficient (Wildman–Crippen LogP) is 0.605. The van der Waals surface area contributed by atoms with Crippen molar-refractivity contribution in [2.75, 3.05) is 26.2 Å². The Balaban J connectivity index is 2.22. The Morgan fingerprint density at radius 3 is 2.50 bits per heavy atom. The zero-order valence-corrected chi connectivity index (χ0v) is 10.6. The Bertz CT molecular complexity index is 233. The van der Waals surface area contributed by atoms with Gasteiger partial charge < -0.3 is 15.3 Å². The van der Waals surface area contributed by atoms with Gasteiger partial charge in [-0.3, -0.25) is 4.79 Å². The van der Waals surface area contributed by atoms with Crippen LogP contribution in [-0.4, -0.2) is 47.7 Å². The van der Waals surface area contributed by atoms with Crippen LogP contribution in [0.1, 0.15) is 33.6 Å². The molecule has 0 aromatic rings. The van der Waals surface area contributed by atoms with Crippen LogP contribution < -0.4 is 5.32 Å².